The number of guanidine groups is 1. The van der Waals surface area contributed by atoms with E-state index < -0.39 is 0 Å². The number of aliphatic imine (C=N–C) groups is 1. The average Bonchev–Trinajstić information content (AvgIpc) is 2.74. The van der Waals surface area contributed by atoms with Gasteiger partial charge in [-0.2, -0.15) is 0 Å². The van der Waals surface area contributed by atoms with E-state index in [2.05, 4.69) is 40.4 Å². The molecule has 1 aromatic rings. The van der Waals surface area contributed by atoms with Crippen LogP contribution in [-0.2, 0) is 16.0 Å². The number of nitrogens with one attached hydrogen (secondary N) is 2. The Morgan fingerprint density at radius 2 is 1.93 bits per heavy atom. The third-order valence-electron chi connectivity index (χ3n) is 4.62. The lowest BCUT2D eigenvalue weighted by Crippen LogP contribution is -2.39. The summed E-state index contributed by atoms with van der Waals surface area (Å²) in [6.07, 6.45) is 0.953. The quantitative estimate of drug-likeness (QED) is 0.186. The summed E-state index contributed by atoms with van der Waals surface area (Å²) in [6.45, 7) is 12.6. The largest absolute Gasteiger partial charge is 0.492 e. The van der Waals surface area contributed by atoms with Crippen molar-refractivity contribution in [3.05, 3.63) is 29.8 Å². The number of morpholine rings is 1. The molecule has 0 saturated carbocycles. The number of hydrogen-bond acceptors (Lipinski definition) is 5. The third-order valence-corrected chi connectivity index (χ3v) is 4.62. The molecular weight excluding hydrogens is 495 g/mol. The Morgan fingerprint density at radius 3 is 2.67 bits per heavy atom. The minimum atomic E-state index is 0. The van der Waals surface area contributed by atoms with Crippen LogP contribution in [0.5, 0.6) is 5.75 Å². The van der Waals surface area contributed by atoms with Gasteiger partial charge in [0.2, 0.25) is 0 Å². The van der Waals surface area contributed by atoms with Crippen LogP contribution in [-0.4, -0.2) is 77.1 Å². The Labute approximate surface area is 199 Å². The van der Waals surface area contributed by atoms with E-state index in [1.54, 1.807) is 7.05 Å². The fraction of sp³-hybridized carbons (Fsp3) is 0.682. The van der Waals surface area contributed by atoms with Crippen LogP contribution in [0.2, 0.25) is 0 Å². The summed E-state index contributed by atoms with van der Waals surface area (Å²) in [4.78, 5) is 6.67. The van der Waals surface area contributed by atoms with E-state index in [4.69, 9.17) is 14.2 Å². The number of rotatable bonds is 12. The molecule has 0 atom stereocenters. The first-order valence-corrected chi connectivity index (χ1v) is 10.7. The first-order chi connectivity index (χ1) is 14.2. The number of hydrogen-bond donors (Lipinski definition) is 2. The van der Waals surface area contributed by atoms with Crippen molar-refractivity contribution in [2.24, 2.45) is 10.9 Å². The van der Waals surface area contributed by atoms with Gasteiger partial charge in [-0.25, -0.2) is 0 Å². The molecule has 0 aromatic heterocycles. The highest BCUT2D eigenvalue weighted by Crippen LogP contribution is 2.17. The zero-order valence-corrected chi connectivity index (χ0v) is 21.0. The molecule has 0 bridgehead atoms. The molecule has 1 saturated heterocycles. The van der Waals surface area contributed by atoms with Gasteiger partial charge in [0.15, 0.2) is 5.96 Å². The van der Waals surface area contributed by atoms with Gasteiger partial charge in [0.05, 0.1) is 13.2 Å². The summed E-state index contributed by atoms with van der Waals surface area (Å²) >= 11 is 0. The molecule has 8 heteroatoms. The molecule has 1 aromatic carbocycles. The zero-order valence-electron chi connectivity index (χ0n) is 18.7. The van der Waals surface area contributed by atoms with Crippen molar-refractivity contribution in [3.8, 4) is 5.75 Å². The number of ether oxygens (including phenoxy) is 3. The van der Waals surface area contributed by atoms with E-state index in [0.29, 0.717) is 19.1 Å². The maximum atomic E-state index is 6.05. The second-order valence-electron chi connectivity index (χ2n) is 7.59. The molecule has 1 heterocycles. The molecule has 0 aliphatic carbocycles. The van der Waals surface area contributed by atoms with Gasteiger partial charge in [-0.3, -0.25) is 9.89 Å². The van der Waals surface area contributed by atoms with Crippen LogP contribution in [0.4, 0.5) is 0 Å². The van der Waals surface area contributed by atoms with E-state index in [1.807, 2.05) is 18.2 Å². The van der Waals surface area contributed by atoms with E-state index in [0.717, 1.165) is 76.3 Å². The molecule has 2 rings (SSSR count). The SMILES string of the molecule is CN=C(NCCCOCC(C)C)NCc1ccccc1OCCN1CCOCC1.I. The predicted octanol–water partition coefficient (Wildman–Crippen LogP) is 2.74. The van der Waals surface area contributed by atoms with Crippen LogP contribution < -0.4 is 15.4 Å². The molecule has 1 aliphatic heterocycles. The highest BCUT2D eigenvalue weighted by Gasteiger charge is 2.10. The maximum absolute atomic E-state index is 6.05. The van der Waals surface area contributed by atoms with Crippen LogP contribution in [0.3, 0.4) is 0 Å². The van der Waals surface area contributed by atoms with Crippen molar-refractivity contribution >= 4 is 29.9 Å². The van der Waals surface area contributed by atoms with Crippen molar-refractivity contribution < 1.29 is 14.2 Å². The van der Waals surface area contributed by atoms with Gasteiger partial charge in [0.25, 0.3) is 0 Å². The zero-order chi connectivity index (χ0) is 20.7. The maximum Gasteiger partial charge on any atom is 0.191 e. The van der Waals surface area contributed by atoms with Gasteiger partial charge in [-0.15, -0.1) is 24.0 Å². The van der Waals surface area contributed by atoms with Gasteiger partial charge < -0.3 is 24.8 Å². The topological polar surface area (TPSA) is 67.4 Å². The molecule has 2 N–H and O–H groups in total. The van der Waals surface area contributed by atoms with Gasteiger partial charge >= 0.3 is 0 Å². The van der Waals surface area contributed by atoms with E-state index in [1.165, 1.54) is 0 Å². The van der Waals surface area contributed by atoms with E-state index in [-0.39, 0.29) is 24.0 Å². The number of para-hydroxylation sites is 1. The standard InChI is InChI=1S/C22H38N4O3.HI/c1-19(2)18-28-13-6-9-24-22(23-3)25-17-20-7-4-5-8-21(20)29-16-12-26-10-14-27-15-11-26;/h4-5,7-8,19H,6,9-18H2,1-3H3,(H2,23,24,25);1H. The Balaban J connectivity index is 0.00000450. The molecule has 0 unspecified atom stereocenters. The van der Waals surface area contributed by atoms with Crippen LogP contribution in [0, 0.1) is 5.92 Å². The van der Waals surface area contributed by atoms with Gasteiger partial charge in [0.1, 0.15) is 12.4 Å². The number of benzene rings is 1. The highest BCUT2D eigenvalue weighted by atomic mass is 127. The van der Waals surface area contributed by atoms with Crippen molar-refractivity contribution in [1.82, 2.24) is 15.5 Å². The summed E-state index contributed by atoms with van der Waals surface area (Å²) in [5.41, 5.74) is 1.12. The van der Waals surface area contributed by atoms with Crippen molar-refractivity contribution in [1.29, 1.82) is 0 Å². The molecule has 0 amide bonds. The first-order valence-electron chi connectivity index (χ1n) is 10.7. The monoisotopic (exact) mass is 534 g/mol. The molecule has 1 fully saturated rings. The van der Waals surface area contributed by atoms with Crippen molar-refractivity contribution in [2.45, 2.75) is 26.8 Å². The number of nitrogens with zero attached hydrogens (tertiary/aromatic N) is 2. The third kappa shape index (κ3) is 11.3. The molecule has 7 nitrogen and oxygen atoms in total. The normalized spacial score (nSPS) is 15.0. The fourth-order valence-corrected chi connectivity index (χ4v) is 3.00. The Kier molecular flexibility index (Phi) is 14.9. The summed E-state index contributed by atoms with van der Waals surface area (Å²) in [5, 5.41) is 6.70. The Hall–Kier alpha value is -1.10. The average molecular weight is 534 g/mol. The fourth-order valence-electron chi connectivity index (χ4n) is 3.00. The second kappa shape index (κ2) is 16.6. The van der Waals surface area contributed by atoms with Crippen LogP contribution >= 0.6 is 24.0 Å². The van der Waals surface area contributed by atoms with Crippen LogP contribution in [0.15, 0.2) is 29.3 Å². The Morgan fingerprint density at radius 1 is 1.17 bits per heavy atom. The minimum Gasteiger partial charge on any atom is -0.492 e. The molecule has 1 aliphatic rings. The molecule has 0 radical (unpaired) electrons. The summed E-state index contributed by atoms with van der Waals surface area (Å²) in [6, 6.07) is 8.16. The lowest BCUT2D eigenvalue weighted by Gasteiger charge is -2.26. The first kappa shape index (κ1) is 26.9. The van der Waals surface area contributed by atoms with E-state index in [9.17, 15) is 0 Å². The van der Waals surface area contributed by atoms with Gasteiger partial charge in [0, 0.05) is 58.5 Å². The molecule has 0 spiro atoms. The summed E-state index contributed by atoms with van der Waals surface area (Å²) in [5.74, 6) is 2.29. The second-order valence-corrected chi connectivity index (χ2v) is 7.59. The smallest absolute Gasteiger partial charge is 0.191 e. The predicted molar refractivity (Wildman–Crippen MR) is 133 cm³/mol. The van der Waals surface area contributed by atoms with Crippen molar-refractivity contribution in [3.63, 3.8) is 0 Å². The Bertz CT molecular complexity index is 596. The summed E-state index contributed by atoms with van der Waals surface area (Å²) < 4.78 is 17.1. The van der Waals surface area contributed by atoms with Crippen LogP contribution in [0.1, 0.15) is 25.8 Å². The van der Waals surface area contributed by atoms with Gasteiger partial charge in [-0.1, -0.05) is 32.0 Å². The van der Waals surface area contributed by atoms with E-state index >= 15 is 0 Å². The minimum absolute atomic E-state index is 0. The van der Waals surface area contributed by atoms with Crippen molar-refractivity contribution in [2.75, 3.05) is 66.3 Å². The molecular formula is C22H39IN4O3. The highest BCUT2D eigenvalue weighted by molar-refractivity contribution is 14.0. The van der Waals surface area contributed by atoms with Gasteiger partial charge in [-0.05, 0) is 18.4 Å². The molecule has 172 valence electrons. The lowest BCUT2D eigenvalue weighted by atomic mass is 10.2. The molecule has 30 heavy (non-hydrogen) atoms. The number of halogens is 1. The summed E-state index contributed by atoms with van der Waals surface area (Å²) in [7, 11) is 1.79. The lowest BCUT2D eigenvalue weighted by molar-refractivity contribution is 0.0322. The van der Waals surface area contributed by atoms with Crippen LogP contribution in [0.25, 0.3) is 0 Å².